The molecule has 9 heteroatoms. The third kappa shape index (κ3) is 7.48. The number of nitrogens with zero attached hydrogens (tertiary/aromatic N) is 2. The van der Waals surface area contributed by atoms with E-state index in [1.807, 2.05) is 59.7 Å². The van der Waals surface area contributed by atoms with Gasteiger partial charge in [-0.25, -0.2) is 4.39 Å². The molecule has 2 N–H and O–H groups in total. The van der Waals surface area contributed by atoms with Crippen LogP contribution in [0.5, 0.6) is 0 Å². The highest BCUT2D eigenvalue weighted by Crippen LogP contribution is 2.28. The van der Waals surface area contributed by atoms with E-state index in [-0.39, 0.29) is 36.0 Å². The summed E-state index contributed by atoms with van der Waals surface area (Å²) in [4.78, 5) is 44.5. The summed E-state index contributed by atoms with van der Waals surface area (Å²) in [7, 11) is 0. The molecule has 1 aliphatic rings. The number of benzene rings is 3. The maximum Gasteiger partial charge on any atom is 0.265 e. The molecule has 1 aliphatic heterocycles. The van der Waals surface area contributed by atoms with Crippen LogP contribution in [0.3, 0.4) is 0 Å². The minimum absolute atomic E-state index is 0.124. The van der Waals surface area contributed by atoms with E-state index in [1.165, 1.54) is 23.5 Å². The first-order chi connectivity index (χ1) is 20.9. The molecule has 1 saturated heterocycles. The number of amides is 3. The molecule has 222 valence electrons. The van der Waals surface area contributed by atoms with Gasteiger partial charge in [-0.3, -0.25) is 14.4 Å². The monoisotopic (exact) mass is 598 g/mol. The Morgan fingerprint density at radius 3 is 2.40 bits per heavy atom. The molecule has 0 bridgehead atoms. The molecular weight excluding hydrogens is 563 g/mol. The van der Waals surface area contributed by atoms with Crippen LogP contribution in [0.15, 0.2) is 90.3 Å². The molecule has 43 heavy (non-hydrogen) atoms. The maximum atomic E-state index is 13.6. The number of carbonyl (C=O) groups is 3. The van der Waals surface area contributed by atoms with Crippen molar-refractivity contribution in [1.82, 2.24) is 10.2 Å². The average Bonchev–Trinajstić information content (AvgIpc) is 3.47. The summed E-state index contributed by atoms with van der Waals surface area (Å²) >= 11 is 1.34. The number of halogens is 1. The number of anilines is 2. The Balaban J connectivity index is 1.35. The van der Waals surface area contributed by atoms with Crippen molar-refractivity contribution in [1.29, 1.82) is 0 Å². The molecule has 7 nitrogen and oxygen atoms in total. The summed E-state index contributed by atoms with van der Waals surface area (Å²) in [5.41, 5.74) is 3.45. The van der Waals surface area contributed by atoms with Gasteiger partial charge < -0.3 is 20.4 Å². The van der Waals surface area contributed by atoms with Gasteiger partial charge in [0, 0.05) is 44.1 Å². The van der Waals surface area contributed by atoms with E-state index in [0.29, 0.717) is 42.3 Å². The van der Waals surface area contributed by atoms with Crippen LogP contribution < -0.4 is 15.5 Å². The van der Waals surface area contributed by atoms with Crippen LogP contribution in [0, 0.1) is 5.82 Å². The summed E-state index contributed by atoms with van der Waals surface area (Å²) < 4.78 is 13.4. The van der Waals surface area contributed by atoms with E-state index in [2.05, 4.69) is 15.5 Å². The predicted octanol–water partition coefficient (Wildman–Crippen LogP) is 6.30. The average molecular weight is 599 g/mol. The summed E-state index contributed by atoms with van der Waals surface area (Å²) in [6.07, 6.45) is 1.48. The van der Waals surface area contributed by atoms with Gasteiger partial charge in [-0.15, -0.1) is 11.3 Å². The maximum absolute atomic E-state index is 13.6. The highest BCUT2D eigenvalue weighted by Gasteiger charge is 2.27. The van der Waals surface area contributed by atoms with Gasteiger partial charge in [-0.1, -0.05) is 55.5 Å². The Kier molecular flexibility index (Phi) is 9.84. The van der Waals surface area contributed by atoms with Gasteiger partial charge in [0.1, 0.15) is 5.82 Å². The van der Waals surface area contributed by atoms with E-state index < -0.39 is 0 Å². The van der Waals surface area contributed by atoms with Crippen LogP contribution in [0.1, 0.15) is 56.8 Å². The van der Waals surface area contributed by atoms with Gasteiger partial charge in [0.15, 0.2) is 0 Å². The molecule has 1 aromatic heterocycles. The zero-order valence-corrected chi connectivity index (χ0v) is 24.9. The quantitative estimate of drug-likeness (QED) is 0.237. The summed E-state index contributed by atoms with van der Waals surface area (Å²) in [6, 6.07) is 24.8. The van der Waals surface area contributed by atoms with Crippen LogP contribution in [0.25, 0.3) is 0 Å². The fourth-order valence-electron chi connectivity index (χ4n) is 5.39. The first-order valence-corrected chi connectivity index (χ1v) is 15.4. The molecule has 5 rings (SSSR count). The normalized spacial score (nSPS) is 14.1. The third-order valence-corrected chi connectivity index (χ3v) is 8.54. The van der Waals surface area contributed by atoms with Crippen LogP contribution in [0.2, 0.25) is 0 Å². The van der Waals surface area contributed by atoms with E-state index >= 15 is 0 Å². The van der Waals surface area contributed by atoms with E-state index in [1.54, 1.807) is 30.3 Å². The van der Waals surface area contributed by atoms with Gasteiger partial charge in [0.2, 0.25) is 5.91 Å². The van der Waals surface area contributed by atoms with Crippen molar-refractivity contribution in [3.05, 3.63) is 118 Å². The van der Waals surface area contributed by atoms with Crippen molar-refractivity contribution in [2.75, 3.05) is 36.4 Å². The molecule has 3 amide bonds. The van der Waals surface area contributed by atoms with Gasteiger partial charge in [0.05, 0.1) is 16.4 Å². The van der Waals surface area contributed by atoms with Crippen molar-refractivity contribution < 1.29 is 18.8 Å². The molecule has 2 heterocycles. The molecular formula is C34H35FN4O3S. The predicted molar refractivity (Wildman–Crippen MR) is 169 cm³/mol. The lowest BCUT2D eigenvalue weighted by molar-refractivity contribution is -0.132. The van der Waals surface area contributed by atoms with E-state index in [9.17, 15) is 18.8 Å². The number of thiophene rings is 1. The molecule has 1 unspecified atom stereocenters. The van der Waals surface area contributed by atoms with Gasteiger partial charge in [0.25, 0.3) is 11.8 Å². The highest BCUT2D eigenvalue weighted by molar-refractivity contribution is 7.12. The van der Waals surface area contributed by atoms with Crippen LogP contribution in [-0.2, 0) is 11.3 Å². The SMILES string of the molecule is CCC(C(=O)N1CCCN(c2ccc(NC(=O)c3cccs3)cc2C(=O)NCc2ccc(F)cc2)CC1)c1ccccc1. The Bertz CT molecular complexity index is 1540. The van der Waals surface area contributed by atoms with Crippen LogP contribution in [-0.4, -0.2) is 48.8 Å². The van der Waals surface area contributed by atoms with Crippen molar-refractivity contribution in [2.45, 2.75) is 32.2 Å². The Labute approximate surface area is 255 Å². The molecule has 1 fully saturated rings. The summed E-state index contributed by atoms with van der Waals surface area (Å²) in [6.45, 7) is 4.68. The Morgan fingerprint density at radius 2 is 1.67 bits per heavy atom. The second-order valence-corrected chi connectivity index (χ2v) is 11.5. The number of hydrogen-bond donors (Lipinski definition) is 2. The fraction of sp³-hybridized carbons (Fsp3) is 0.265. The smallest absolute Gasteiger partial charge is 0.265 e. The van der Waals surface area contributed by atoms with E-state index in [4.69, 9.17) is 0 Å². The third-order valence-electron chi connectivity index (χ3n) is 7.67. The first-order valence-electron chi connectivity index (χ1n) is 14.5. The van der Waals surface area contributed by atoms with Crippen molar-refractivity contribution in [3.8, 4) is 0 Å². The number of rotatable bonds is 9. The topological polar surface area (TPSA) is 81.8 Å². The fourth-order valence-corrected chi connectivity index (χ4v) is 6.01. The molecule has 0 aliphatic carbocycles. The minimum atomic E-state index is -0.339. The Hall–Kier alpha value is -4.50. The van der Waals surface area contributed by atoms with Crippen LogP contribution in [0.4, 0.5) is 15.8 Å². The largest absolute Gasteiger partial charge is 0.369 e. The summed E-state index contributed by atoms with van der Waals surface area (Å²) in [5.74, 6) is -0.951. The lowest BCUT2D eigenvalue weighted by atomic mass is 9.95. The van der Waals surface area contributed by atoms with Gasteiger partial charge in [-0.2, -0.15) is 0 Å². The van der Waals surface area contributed by atoms with Gasteiger partial charge in [-0.05, 0) is 65.7 Å². The van der Waals surface area contributed by atoms with Crippen molar-refractivity contribution in [3.63, 3.8) is 0 Å². The molecule has 0 radical (unpaired) electrons. The molecule has 1 atom stereocenters. The minimum Gasteiger partial charge on any atom is -0.369 e. The Morgan fingerprint density at radius 1 is 0.884 bits per heavy atom. The van der Waals surface area contributed by atoms with Crippen LogP contribution >= 0.6 is 11.3 Å². The molecule has 3 aromatic carbocycles. The first kappa shape index (κ1) is 30.0. The lowest BCUT2D eigenvalue weighted by Crippen LogP contribution is -2.38. The number of nitrogens with one attached hydrogen (secondary N) is 2. The van der Waals surface area contributed by atoms with Crippen molar-refractivity contribution in [2.24, 2.45) is 0 Å². The number of hydrogen-bond acceptors (Lipinski definition) is 5. The summed E-state index contributed by atoms with van der Waals surface area (Å²) in [5, 5.41) is 7.67. The van der Waals surface area contributed by atoms with Gasteiger partial charge >= 0.3 is 0 Å². The van der Waals surface area contributed by atoms with E-state index in [0.717, 1.165) is 29.7 Å². The number of carbonyl (C=O) groups excluding carboxylic acids is 3. The zero-order valence-electron chi connectivity index (χ0n) is 24.1. The molecule has 0 spiro atoms. The zero-order chi connectivity index (χ0) is 30.2. The second-order valence-electron chi connectivity index (χ2n) is 10.5. The molecule has 0 saturated carbocycles. The lowest BCUT2D eigenvalue weighted by Gasteiger charge is -2.28. The molecule has 4 aromatic rings. The second kappa shape index (κ2) is 14.1. The highest BCUT2D eigenvalue weighted by atomic mass is 32.1. The standard InChI is InChI=1S/C34H35FN4O3S/c1-2-28(25-8-4-3-5-9-25)34(42)39-18-7-17-38(19-20-39)30-16-15-27(37-33(41)31-10-6-21-43-31)22-29(30)32(40)36-23-24-11-13-26(35)14-12-24/h3-6,8-16,21-22,28H,2,7,17-20,23H2,1H3,(H,36,40)(H,37,41). The van der Waals surface area contributed by atoms with Crippen molar-refractivity contribution >= 4 is 40.4 Å².